The van der Waals surface area contributed by atoms with Crippen molar-refractivity contribution >= 4 is 5.78 Å². The van der Waals surface area contributed by atoms with Gasteiger partial charge in [0.15, 0.2) is 11.5 Å². The highest BCUT2D eigenvalue weighted by molar-refractivity contribution is 5.98. The Bertz CT molecular complexity index is 382. The Kier molecular flexibility index (Phi) is 4.55. The standard InChI is InChI=1S/C11H15N3O2/c1-4-6-12-7-9(15)11-10(16-3)8-13-14(11)5-2/h1,8,12H,5-7H2,2-3H3. The van der Waals surface area contributed by atoms with E-state index in [0.717, 1.165) is 0 Å². The quantitative estimate of drug-likeness (QED) is 0.427. The molecule has 5 nitrogen and oxygen atoms in total. The Hall–Kier alpha value is -1.80. The molecule has 1 N–H and O–H groups in total. The second-order valence-electron chi connectivity index (χ2n) is 3.11. The Morgan fingerprint density at radius 2 is 2.50 bits per heavy atom. The van der Waals surface area contributed by atoms with E-state index in [1.165, 1.54) is 13.3 Å². The molecule has 0 aliphatic rings. The van der Waals surface area contributed by atoms with Gasteiger partial charge >= 0.3 is 0 Å². The van der Waals surface area contributed by atoms with Crippen LogP contribution in [0.15, 0.2) is 6.20 Å². The fourth-order valence-corrected chi connectivity index (χ4v) is 1.37. The number of terminal acetylenes is 1. The van der Waals surface area contributed by atoms with Crippen LogP contribution in [-0.4, -0.2) is 35.8 Å². The number of Topliss-reactive ketones (excluding diaryl/α,β-unsaturated/α-hetero) is 1. The predicted octanol–water partition coefficient (Wildman–Crippen LogP) is 0.317. The largest absolute Gasteiger partial charge is 0.493 e. The number of carbonyl (C=O) groups is 1. The van der Waals surface area contributed by atoms with Crippen molar-refractivity contribution in [2.45, 2.75) is 13.5 Å². The van der Waals surface area contributed by atoms with Crippen molar-refractivity contribution in [3.63, 3.8) is 0 Å². The average Bonchev–Trinajstić information content (AvgIpc) is 2.71. The molecule has 0 fully saturated rings. The van der Waals surface area contributed by atoms with Crippen LogP contribution in [0, 0.1) is 12.3 Å². The maximum absolute atomic E-state index is 11.9. The summed E-state index contributed by atoms with van der Waals surface area (Å²) in [6, 6.07) is 0. The van der Waals surface area contributed by atoms with E-state index < -0.39 is 0 Å². The number of rotatable bonds is 6. The highest BCUT2D eigenvalue weighted by atomic mass is 16.5. The van der Waals surface area contributed by atoms with Gasteiger partial charge in [-0.05, 0) is 6.92 Å². The van der Waals surface area contributed by atoms with E-state index in [9.17, 15) is 4.79 Å². The summed E-state index contributed by atoms with van der Waals surface area (Å²) in [7, 11) is 1.52. The number of ketones is 1. The van der Waals surface area contributed by atoms with Gasteiger partial charge < -0.3 is 4.74 Å². The monoisotopic (exact) mass is 221 g/mol. The lowest BCUT2D eigenvalue weighted by atomic mass is 10.2. The highest BCUT2D eigenvalue weighted by Gasteiger charge is 2.17. The van der Waals surface area contributed by atoms with E-state index >= 15 is 0 Å². The molecule has 0 saturated heterocycles. The fraction of sp³-hybridized carbons (Fsp3) is 0.455. The third-order valence-electron chi connectivity index (χ3n) is 2.10. The number of aromatic nitrogens is 2. The molecule has 0 saturated carbocycles. The van der Waals surface area contributed by atoms with Crippen LogP contribution in [0.25, 0.3) is 0 Å². The van der Waals surface area contributed by atoms with Gasteiger partial charge in [0.2, 0.25) is 0 Å². The SMILES string of the molecule is C#CCNCC(=O)c1c(OC)cnn1CC. The lowest BCUT2D eigenvalue weighted by molar-refractivity contribution is 0.0979. The highest BCUT2D eigenvalue weighted by Crippen LogP contribution is 2.17. The first-order valence-electron chi connectivity index (χ1n) is 5.01. The number of nitrogens with one attached hydrogen (secondary N) is 1. The summed E-state index contributed by atoms with van der Waals surface area (Å²) in [5, 5.41) is 6.90. The number of hydrogen-bond donors (Lipinski definition) is 1. The number of ether oxygens (including phenoxy) is 1. The van der Waals surface area contributed by atoms with Gasteiger partial charge in [-0.25, -0.2) is 0 Å². The van der Waals surface area contributed by atoms with Gasteiger partial charge in [0.25, 0.3) is 0 Å². The molecule has 86 valence electrons. The number of aryl methyl sites for hydroxylation is 1. The van der Waals surface area contributed by atoms with Gasteiger partial charge in [0.05, 0.1) is 26.4 Å². The molecule has 0 spiro atoms. The normalized spacial score (nSPS) is 9.81. The molecule has 1 heterocycles. The molecule has 0 atom stereocenters. The molecule has 5 heteroatoms. The van der Waals surface area contributed by atoms with Gasteiger partial charge in [-0.3, -0.25) is 14.8 Å². The Morgan fingerprint density at radius 1 is 1.75 bits per heavy atom. The predicted molar refractivity (Wildman–Crippen MR) is 60.5 cm³/mol. The molecular weight excluding hydrogens is 206 g/mol. The van der Waals surface area contributed by atoms with Gasteiger partial charge in [-0.15, -0.1) is 6.42 Å². The maximum Gasteiger partial charge on any atom is 0.198 e. The third-order valence-corrected chi connectivity index (χ3v) is 2.10. The summed E-state index contributed by atoms with van der Waals surface area (Å²) in [6.07, 6.45) is 6.62. The zero-order valence-corrected chi connectivity index (χ0v) is 9.49. The molecule has 0 unspecified atom stereocenters. The van der Waals surface area contributed by atoms with E-state index in [1.807, 2.05) is 6.92 Å². The lowest BCUT2D eigenvalue weighted by Crippen LogP contribution is -2.25. The smallest absolute Gasteiger partial charge is 0.198 e. The summed E-state index contributed by atoms with van der Waals surface area (Å²) < 4.78 is 6.69. The van der Waals surface area contributed by atoms with E-state index in [1.54, 1.807) is 4.68 Å². The topological polar surface area (TPSA) is 56.1 Å². The Morgan fingerprint density at radius 3 is 3.06 bits per heavy atom. The van der Waals surface area contributed by atoms with Crippen molar-refractivity contribution in [3.05, 3.63) is 11.9 Å². The van der Waals surface area contributed by atoms with Gasteiger partial charge in [0, 0.05) is 6.54 Å². The fourth-order valence-electron chi connectivity index (χ4n) is 1.37. The first kappa shape index (κ1) is 12.3. The van der Waals surface area contributed by atoms with Crippen molar-refractivity contribution in [2.75, 3.05) is 20.2 Å². The van der Waals surface area contributed by atoms with Crippen LogP contribution in [0.5, 0.6) is 5.75 Å². The molecular formula is C11H15N3O2. The maximum atomic E-state index is 11.9. The molecule has 0 radical (unpaired) electrons. The van der Waals surface area contributed by atoms with Crippen LogP contribution >= 0.6 is 0 Å². The second-order valence-corrected chi connectivity index (χ2v) is 3.11. The first-order valence-corrected chi connectivity index (χ1v) is 5.01. The zero-order chi connectivity index (χ0) is 12.0. The van der Waals surface area contributed by atoms with Gasteiger partial charge in [-0.2, -0.15) is 5.10 Å². The van der Waals surface area contributed by atoms with Crippen LogP contribution in [0.4, 0.5) is 0 Å². The molecule has 0 bridgehead atoms. The zero-order valence-electron chi connectivity index (χ0n) is 9.49. The van der Waals surface area contributed by atoms with Crippen LogP contribution < -0.4 is 10.1 Å². The second kappa shape index (κ2) is 5.93. The molecule has 1 aromatic rings. The molecule has 0 aromatic carbocycles. The molecule has 1 rings (SSSR count). The van der Waals surface area contributed by atoms with E-state index in [4.69, 9.17) is 11.2 Å². The summed E-state index contributed by atoms with van der Waals surface area (Å²) in [5.74, 6) is 2.83. The number of hydrogen-bond acceptors (Lipinski definition) is 4. The van der Waals surface area contributed by atoms with Crippen LogP contribution in [0.3, 0.4) is 0 Å². The van der Waals surface area contributed by atoms with Crippen molar-refractivity contribution in [3.8, 4) is 18.1 Å². The number of methoxy groups -OCH3 is 1. The minimum Gasteiger partial charge on any atom is -0.493 e. The van der Waals surface area contributed by atoms with Gasteiger partial charge in [0.1, 0.15) is 5.69 Å². The average molecular weight is 221 g/mol. The number of carbonyl (C=O) groups excluding carboxylic acids is 1. The minimum atomic E-state index is -0.0774. The lowest BCUT2D eigenvalue weighted by Gasteiger charge is -2.06. The molecule has 16 heavy (non-hydrogen) atoms. The van der Waals surface area contributed by atoms with E-state index in [-0.39, 0.29) is 12.3 Å². The first-order chi connectivity index (χ1) is 7.74. The minimum absolute atomic E-state index is 0.0774. The van der Waals surface area contributed by atoms with Crippen LogP contribution in [0.1, 0.15) is 17.4 Å². The Labute approximate surface area is 94.8 Å². The number of nitrogens with zero attached hydrogens (tertiary/aromatic N) is 2. The van der Waals surface area contributed by atoms with E-state index in [0.29, 0.717) is 24.5 Å². The summed E-state index contributed by atoms with van der Waals surface area (Å²) in [5.41, 5.74) is 0.481. The van der Waals surface area contributed by atoms with Crippen molar-refractivity contribution in [1.29, 1.82) is 0 Å². The van der Waals surface area contributed by atoms with E-state index in [2.05, 4.69) is 16.3 Å². The Balaban J connectivity index is 2.80. The molecule has 1 aromatic heterocycles. The third kappa shape index (κ3) is 2.61. The van der Waals surface area contributed by atoms with Gasteiger partial charge in [-0.1, -0.05) is 5.92 Å². The van der Waals surface area contributed by atoms with Crippen molar-refractivity contribution in [1.82, 2.24) is 15.1 Å². The molecule has 0 aliphatic heterocycles. The summed E-state index contributed by atoms with van der Waals surface area (Å²) >= 11 is 0. The van der Waals surface area contributed by atoms with Crippen LogP contribution in [-0.2, 0) is 6.54 Å². The van der Waals surface area contributed by atoms with Crippen molar-refractivity contribution < 1.29 is 9.53 Å². The van der Waals surface area contributed by atoms with Crippen molar-refractivity contribution in [2.24, 2.45) is 0 Å². The van der Waals surface area contributed by atoms with Crippen LogP contribution in [0.2, 0.25) is 0 Å². The molecule has 0 aliphatic carbocycles. The summed E-state index contributed by atoms with van der Waals surface area (Å²) in [4.78, 5) is 11.9. The molecule has 0 amide bonds. The summed E-state index contributed by atoms with van der Waals surface area (Å²) in [6.45, 7) is 3.10.